The Morgan fingerprint density at radius 2 is 1.66 bits per heavy atom. The van der Waals surface area contributed by atoms with E-state index in [1.165, 1.54) is 16.7 Å². The van der Waals surface area contributed by atoms with Crippen LogP contribution in [0.15, 0.2) is 30.3 Å². The lowest BCUT2D eigenvalue weighted by molar-refractivity contribution is -0.149. The van der Waals surface area contributed by atoms with Crippen LogP contribution >= 0.6 is 23.5 Å². The summed E-state index contributed by atoms with van der Waals surface area (Å²) in [5, 5.41) is 15.1. The van der Waals surface area contributed by atoms with Crippen LogP contribution in [0, 0.1) is 0 Å². The van der Waals surface area contributed by atoms with Crippen molar-refractivity contribution in [3.63, 3.8) is 0 Å². The van der Waals surface area contributed by atoms with Crippen LogP contribution in [0.2, 0.25) is 0 Å². The van der Waals surface area contributed by atoms with E-state index in [2.05, 4.69) is 10.6 Å². The number of benzene rings is 1. The molecule has 0 radical (unpaired) electrons. The summed E-state index contributed by atoms with van der Waals surface area (Å²) in [4.78, 5) is 52.3. The van der Waals surface area contributed by atoms with Crippen LogP contribution in [0.5, 0.6) is 0 Å². The second-order valence-corrected chi connectivity index (χ2v) is 10.5. The highest BCUT2D eigenvalue weighted by atomic mass is 32.2. The molecule has 1 aliphatic rings. The molecule has 3 amide bonds. The largest absolute Gasteiger partial charge is 0.480 e. The minimum atomic E-state index is -1.04. The van der Waals surface area contributed by atoms with Crippen LogP contribution < -0.4 is 16.4 Å². The van der Waals surface area contributed by atoms with Gasteiger partial charge in [-0.1, -0.05) is 30.3 Å². The van der Waals surface area contributed by atoms with Crippen molar-refractivity contribution >= 4 is 47.2 Å². The Balaban J connectivity index is 2.19. The number of thioether (sulfide) groups is 2. The van der Waals surface area contributed by atoms with E-state index in [1.807, 2.05) is 42.8 Å². The molecule has 0 saturated carbocycles. The van der Waals surface area contributed by atoms with Crippen LogP contribution in [0.1, 0.15) is 31.2 Å². The molecule has 0 spiro atoms. The first-order chi connectivity index (χ1) is 16.8. The molecular weight excluding hydrogens is 488 g/mol. The number of carboxylic acid groups (broad SMARTS) is 1. The lowest BCUT2D eigenvalue weighted by Gasteiger charge is -2.29. The van der Waals surface area contributed by atoms with Gasteiger partial charge >= 0.3 is 5.97 Å². The molecule has 2 rings (SSSR count). The first-order valence-electron chi connectivity index (χ1n) is 11.7. The van der Waals surface area contributed by atoms with Crippen molar-refractivity contribution in [2.75, 3.05) is 30.6 Å². The summed E-state index contributed by atoms with van der Waals surface area (Å²) in [5.41, 5.74) is 6.86. The second-order valence-electron chi connectivity index (χ2n) is 8.51. The standard InChI is InChI=1S/C24H36N4O5S2/c1-34-13-10-17(25)21(29)27-19(15-16-7-4-3-5-8-16)22(30)26-18(11-14-35-2)23(31)28-12-6-9-20(28)24(32)33/h3-5,7-8,17-20H,6,9-15,25H2,1-2H3,(H,26,30)(H,27,29)(H,32,33). The summed E-state index contributed by atoms with van der Waals surface area (Å²) in [6.45, 7) is 0.343. The third-order valence-electron chi connectivity index (χ3n) is 5.93. The summed E-state index contributed by atoms with van der Waals surface area (Å²) in [5.74, 6) is -1.04. The van der Waals surface area contributed by atoms with Crippen molar-refractivity contribution in [2.45, 2.75) is 56.3 Å². The lowest BCUT2D eigenvalue weighted by atomic mass is 10.0. The van der Waals surface area contributed by atoms with Gasteiger partial charge in [-0.2, -0.15) is 23.5 Å². The van der Waals surface area contributed by atoms with Gasteiger partial charge in [-0.05, 0) is 55.3 Å². The molecule has 194 valence electrons. The molecule has 0 aliphatic carbocycles. The normalized spacial score (nSPS) is 17.9. The first kappa shape index (κ1) is 29.0. The number of aliphatic carboxylic acids is 1. The van der Waals surface area contributed by atoms with Gasteiger partial charge in [-0.3, -0.25) is 14.4 Å². The molecular formula is C24H36N4O5S2. The number of carbonyl (C=O) groups is 4. The van der Waals surface area contributed by atoms with E-state index in [9.17, 15) is 24.3 Å². The third kappa shape index (κ3) is 9.05. The Kier molecular flexibility index (Phi) is 12.4. The number of nitrogens with two attached hydrogens (primary N) is 1. The maximum absolute atomic E-state index is 13.4. The number of nitrogens with one attached hydrogen (secondary N) is 2. The van der Waals surface area contributed by atoms with E-state index >= 15 is 0 Å². The number of nitrogens with zero attached hydrogens (tertiary/aromatic N) is 1. The molecule has 1 aromatic rings. The smallest absolute Gasteiger partial charge is 0.326 e. The predicted octanol–water partition coefficient (Wildman–Crippen LogP) is 1.11. The lowest BCUT2D eigenvalue weighted by Crippen LogP contribution is -2.57. The molecule has 11 heteroatoms. The average Bonchev–Trinajstić information content (AvgIpc) is 3.35. The summed E-state index contributed by atoms with van der Waals surface area (Å²) < 4.78 is 0. The Morgan fingerprint density at radius 3 is 2.29 bits per heavy atom. The number of hydrogen-bond donors (Lipinski definition) is 4. The monoisotopic (exact) mass is 524 g/mol. The fraction of sp³-hybridized carbons (Fsp3) is 0.583. The van der Waals surface area contributed by atoms with Gasteiger partial charge in [-0.25, -0.2) is 4.79 Å². The van der Waals surface area contributed by atoms with Gasteiger partial charge in [0, 0.05) is 13.0 Å². The SMILES string of the molecule is CSCCC(N)C(=O)NC(Cc1ccccc1)C(=O)NC(CCSC)C(=O)N1CCCC1C(=O)O. The van der Waals surface area contributed by atoms with Crippen LogP contribution in [0.25, 0.3) is 0 Å². The number of rotatable bonds is 14. The van der Waals surface area contributed by atoms with Crippen molar-refractivity contribution in [2.24, 2.45) is 5.73 Å². The van der Waals surface area contributed by atoms with Gasteiger partial charge in [0.1, 0.15) is 18.1 Å². The number of likely N-dealkylation sites (tertiary alicyclic amines) is 1. The average molecular weight is 525 g/mol. The van der Waals surface area contributed by atoms with E-state index in [0.29, 0.717) is 38.0 Å². The van der Waals surface area contributed by atoms with Crippen molar-refractivity contribution in [1.29, 1.82) is 0 Å². The molecule has 1 saturated heterocycles. The van der Waals surface area contributed by atoms with E-state index < -0.39 is 47.9 Å². The number of carboxylic acids is 1. The van der Waals surface area contributed by atoms with Crippen LogP contribution in [-0.4, -0.2) is 88.4 Å². The fourth-order valence-electron chi connectivity index (χ4n) is 3.97. The Morgan fingerprint density at radius 1 is 1.03 bits per heavy atom. The van der Waals surface area contributed by atoms with Gasteiger partial charge in [0.15, 0.2) is 0 Å². The Hall–Kier alpha value is -2.24. The third-order valence-corrected chi connectivity index (χ3v) is 7.22. The molecule has 4 atom stereocenters. The minimum Gasteiger partial charge on any atom is -0.480 e. The zero-order valence-electron chi connectivity index (χ0n) is 20.3. The predicted molar refractivity (Wildman–Crippen MR) is 140 cm³/mol. The molecule has 1 heterocycles. The molecule has 1 aliphatic heterocycles. The van der Waals surface area contributed by atoms with Gasteiger partial charge in [0.25, 0.3) is 0 Å². The highest BCUT2D eigenvalue weighted by Gasteiger charge is 2.38. The molecule has 0 aromatic heterocycles. The van der Waals surface area contributed by atoms with Gasteiger partial charge in [0.2, 0.25) is 17.7 Å². The van der Waals surface area contributed by atoms with Gasteiger partial charge < -0.3 is 26.4 Å². The fourth-order valence-corrected chi connectivity index (χ4v) is 4.93. The molecule has 0 bridgehead atoms. The van der Waals surface area contributed by atoms with Crippen molar-refractivity contribution in [3.05, 3.63) is 35.9 Å². The summed E-state index contributed by atoms with van der Waals surface area (Å²) in [6.07, 6.45) is 5.89. The van der Waals surface area contributed by atoms with E-state index in [-0.39, 0.29) is 6.42 Å². The highest BCUT2D eigenvalue weighted by molar-refractivity contribution is 7.98. The maximum atomic E-state index is 13.4. The summed E-state index contributed by atoms with van der Waals surface area (Å²) in [6, 6.07) is 5.84. The second kappa shape index (κ2) is 15.0. The molecule has 1 fully saturated rings. The Labute approximate surface area is 215 Å². The van der Waals surface area contributed by atoms with Crippen LogP contribution in [0.3, 0.4) is 0 Å². The molecule has 35 heavy (non-hydrogen) atoms. The molecule has 1 aromatic carbocycles. The minimum absolute atomic E-state index is 0.235. The van der Waals surface area contributed by atoms with E-state index in [0.717, 1.165) is 11.3 Å². The summed E-state index contributed by atoms with van der Waals surface area (Å²) >= 11 is 3.11. The van der Waals surface area contributed by atoms with Crippen molar-refractivity contribution in [1.82, 2.24) is 15.5 Å². The quantitative estimate of drug-likeness (QED) is 0.284. The molecule has 9 nitrogen and oxygen atoms in total. The number of hydrogen-bond acceptors (Lipinski definition) is 7. The van der Waals surface area contributed by atoms with Crippen molar-refractivity contribution < 1.29 is 24.3 Å². The summed E-state index contributed by atoms with van der Waals surface area (Å²) in [7, 11) is 0. The van der Waals surface area contributed by atoms with Crippen molar-refractivity contribution in [3.8, 4) is 0 Å². The highest BCUT2D eigenvalue weighted by Crippen LogP contribution is 2.20. The number of amides is 3. The molecule has 5 N–H and O–H groups in total. The van der Waals surface area contributed by atoms with Gasteiger partial charge in [-0.15, -0.1) is 0 Å². The first-order valence-corrected chi connectivity index (χ1v) is 14.5. The topological polar surface area (TPSA) is 142 Å². The zero-order valence-corrected chi connectivity index (χ0v) is 21.9. The van der Waals surface area contributed by atoms with Crippen LogP contribution in [-0.2, 0) is 25.6 Å². The molecule has 4 unspecified atom stereocenters. The van der Waals surface area contributed by atoms with Gasteiger partial charge in [0.05, 0.1) is 6.04 Å². The van der Waals surface area contributed by atoms with E-state index in [1.54, 1.807) is 11.8 Å². The maximum Gasteiger partial charge on any atom is 0.326 e. The van der Waals surface area contributed by atoms with Crippen LogP contribution in [0.4, 0.5) is 0 Å². The zero-order chi connectivity index (χ0) is 25.8. The number of carbonyl (C=O) groups excluding carboxylic acids is 3. The Bertz CT molecular complexity index is 858. The van der Waals surface area contributed by atoms with E-state index in [4.69, 9.17) is 5.73 Å².